The SMILES string of the molecule is CCN1/C(=C/C(=O)OC)CCC1CN. The van der Waals surface area contributed by atoms with Crippen molar-refractivity contribution in [3.05, 3.63) is 11.8 Å². The lowest BCUT2D eigenvalue weighted by atomic mass is 10.2. The number of hydrogen-bond donors (Lipinski definition) is 1. The van der Waals surface area contributed by atoms with Gasteiger partial charge in [0.25, 0.3) is 0 Å². The van der Waals surface area contributed by atoms with Crippen molar-refractivity contribution < 1.29 is 9.53 Å². The quantitative estimate of drug-likeness (QED) is 0.529. The Bertz CT molecular complexity index is 238. The summed E-state index contributed by atoms with van der Waals surface area (Å²) in [5.41, 5.74) is 6.69. The number of nitrogens with zero attached hydrogens (tertiary/aromatic N) is 1. The molecule has 0 spiro atoms. The molecule has 4 heteroatoms. The van der Waals surface area contributed by atoms with Crippen molar-refractivity contribution in [2.75, 3.05) is 20.2 Å². The molecule has 1 fully saturated rings. The lowest BCUT2D eigenvalue weighted by Crippen LogP contribution is -2.34. The average Bonchev–Trinajstić information content (AvgIpc) is 2.59. The van der Waals surface area contributed by atoms with Crippen LogP contribution < -0.4 is 5.73 Å². The molecule has 80 valence electrons. The Morgan fingerprint density at radius 2 is 2.50 bits per heavy atom. The van der Waals surface area contributed by atoms with Crippen LogP contribution >= 0.6 is 0 Å². The molecular weight excluding hydrogens is 180 g/mol. The molecule has 0 aromatic rings. The van der Waals surface area contributed by atoms with Gasteiger partial charge in [-0.2, -0.15) is 0 Å². The van der Waals surface area contributed by atoms with Gasteiger partial charge in [-0.1, -0.05) is 0 Å². The van der Waals surface area contributed by atoms with E-state index in [1.807, 2.05) is 0 Å². The van der Waals surface area contributed by atoms with Crippen molar-refractivity contribution in [1.82, 2.24) is 4.90 Å². The fraction of sp³-hybridized carbons (Fsp3) is 0.700. The summed E-state index contributed by atoms with van der Waals surface area (Å²) in [7, 11) is 1.39. The number of esters is 1. The average molecular weight is 198 g/mol. The van der Waals surface area contributed by atoms with E-state index in [1.165, 1.54) is 7.11 Å². The summed E-state index contributed by atoms with van der Waals surface area (Å²) in [6, 6.07) is 0.385. The molecule has 1 aliphatic heterocycles. The van der Waals surface area contributed by atoms with E-state index in [9.17, 15) is 4.79 Å². The second-order valence-electron chi connectivity index (χ2n) is 3.37. The minimum absolute atomic E-state index is 0.281. The number of nitrogens with two attached hydrogens (primary N) is 1. The minimum atomic E-state index is -0.281. The number of hydrogen-bond acceptors (Lipinski definition) is 4. The van der Waals surface area contributed by atoms with Crippen molar-refractivity contribution in [2.24, 2.45) is 5.73 Å². The lowest BCUT2D eigenvalue weighted by Gasteiger charge is -2.25. The molecular formula is C10H18N2O2. The van der Waals surface area contributed by atoms with E-state index >= 15 is 0 Å². The van der Waals surface area contributed by atoms with Crippen LogP contribution in [0.1, 0.15) is 19.8 Å². The Labute approximate surface area is 84.7 Å². The molecule has 1 aliphatic rings. The number of likely N-dealkylation sites (tertiary alicyclic amines) is 1. The zero-order chi connectivity index (χ0) is 10.6. The van der Waals surface area contributed by atoms with Crippen molar-refractivity contribution in [1.29, 1.82) is 0 Å². The van der Waals surface area contributed by atoms with Crippen molar-refractivity contribution in [3.8, 4) is 0 Å². The summed E-state index contributed by atoms with van der Waals surface area (Å²) in [6.07, 6.45) is 3.52. The van der Waals surface area contributed by atoms with Gasteiger partial charge >= 0.3 is 5.97 Å². The van der Waals surface area contributed by atoms with Gasteiger partial charge in [0.2, 0.25) is 0 Å². The molecule has 1 unspecified atom stereocenters. The fourth-order valence-corrected chi connectivity index (χ4v) is 1.90. The number of allylic oxidation sites excluding steroid dienone is 1. The van der Waals surface area contributed by atoms with Crippen molar-refractivity contribution in [3.63, 3.8) is 0 Å². The number of likely N-dealkylation sites (N-methyl/N-ethyl adjacent to an activating group) is 1. The largest absolute Gasteiger partial charge is 0.466 e. The highest BCUT2D eigenvalue weighted by Gasteiger charge is 2.25. The maximum absolute atomic E-state index is 11.1. The molecule has 0 amide bonds. The molecule has 0 saturated carbocycles. The first-order valence-electron chi connectivity index (χ1n) is 4.98. The second-order valence-corrected chi connectivity index (χ2v) is 3.37. The van der Waals surface area contributed by atoms with E-state index < -0.39 is 0 Å². The highest BCUT2D eigenvalue weighted by molar-refractivity contribution is 5.82. The third-order valence-electron chi connectivity index (χ3n) is 2.64. The first-order valence-corrected chi connectivity index (χ1v) is 4.98. The monoisotopic (exact) mass is 198 g/mol. The standard InChI is InChI=1S/C10H18N2O2/c1-3-12-8(6-10(13)14-2)4-5-9(12)7-11/h6,9H,3-5,7,11H2,1-2H3/b8-6+. The van der Waals surface area contributed by atoms with Crippen LogP contribution in [0.5, 0.6) is 0 Å². The first kappa shape index (κ1) is 11.0. The smallest absolute Gasteiger partial charge is 0.332 e. The molecule has 1 saturated heterocycles. The third kappa shape index (κ3) is 2.26. The summed E-state index contributed by atoms with van der Waals surface area (Å²) in [5.74, 6) is -0.281. The predicted molar refractivity (Wildman–Crippen MR) is 54.6 cm³/mol. The van der Waals surface area contributed by atoms with Crippen LogP contribution in [0, 0.1) is 0 Å². The van der Waals surface area contributed by atoms with Crippen molar-refractivity contribution in [2.45, 2.75) is 25.8 Å². The Kier molecular flexibility index (Phi) is 3.95. The van der Waals surface area contributed by atoms with Gasteiger partial charge in [-0.3, -0.25) is 0 Å². The molecule has 0 aromatic heterocycles. The van der Waals surface area contributed by atoms with Gasteiger partial charge in [0, 0.05) is 30.9 Å². The summed E-state index contributed by atoms with van der Waals surface area (Å²) < 4.78 is 4.60. The second kappa shape index (κ2) is 5.00. The van der Waals surface area contributed by atoms with E-state index in [2.05, 4.69) is 16.6 Å². The van der Waals surface area contributed by atoms with E-state index in [0.717, 1.165) is 25.1 Å². The topological polar surface area (TPSA) is 55.6 Å². The van der Waals surface area contributed by atoms with Gasteiger partial charge < -0.3 is 15.4 Å². The summed E-state index contributed by atoms with van der Waals surface area (Å²) >= 11 is 0. The Morgan fingerprint density at radius 3 is 3.00 bits per heavy atom. The van der Waals surface area contributed by atoms with E-state index in [-0.39, 0.29) is 5.97 Å². The van der Waals surface area contributed by atoms with Gasteiger partial charge in [0.15, 0.2) is 0 Å². The zero-order valence-electron chi connectivity index (χ0n) is 8.82. The minimum Gasteiger partial charge on any atom is -0.466 e. The summed E-state index contributed by atoms with van der Waals surface area (Å²) in [6.45, 7) is 3.61. The van der Waals surface area contributed by atoms with Crippen LogP contribution in [-0.4, -0.2) is 37.1 Å². The molecule has 0 bridgehead atoms. The molecule has 0 aromatic carbocycles. The number of carbonyl (C=O) groups excluding carboxylic acids is 1. The van der Waals surface area contributed by atoms with Gasteiger partial charge in [0.1, 0.15) is 0 Å². The molecule has 0 aliphatic carbocycles. The first-order chi connectivity index (χ1) is 6.72. The molecule has 4 nitrogen and oxygen atoms in total. The van der Waals surface area contributed by atoms with Gasteiger partial charge in [-0.25, -0.2) is 4.79 Å². The maximum atomic E-state index is 11.1. The molecule has 1 rings (SSSR count). The Morgan fingerprint density at radius 1 is 1.79 bits per heavy atom. The number of rotatable bonds is 3. The molecule has 1 atom stereocenters. The lowest BCUT2D eigenvalue weighted by molar-refractivity contribution is -0.134. The predicted octanol–water partition coefficient (Wildman–Crippen LogP) is 0.486. The highest BCUT2D eigenvalue weighted by atomic mass is 16.5. The number of ether oxygens (including phenoxy) is 1. The maximum Gasteiger partial charge on any atom is 0.332 e. The summed E-state index contributed by atoms with van der Waals surface area (Å²) in [4.78, 5) is 13.2. The molecule has 14 heavy (non-hydrogen) atoms. The Hall–Kier alpha value is -1.03. The van der Waals surface area contributed by atoms with Crippen LogP contribution in [0.3, 0.4) is 0 Å². The van der Waals surface area contributed by atoms with Gasteiger partial charge in [-0.15, -0.1) is 0 Å². The van der Waals surface area contributed by atoms with Crippen LogP contribution in [0.15, 0.2) is 11.8 Å². The summed E-state index contributed by atoms with van der Waals surface area (Å²) in [5, 5.41) is 0. The number of carbonyl (C=O) groups is 1. The van der Waals surface area contributed by atoms with E-state index in [1.54, 1.807) is 6.08 Å². The van der Waals surface area contributed by atoms with Crippen LogP contribution in [0.25, 0.3) is 0 Å². The fourth-order valence-electron chi connectivity index (χ4n) is 1.90. The molecule has 1 heterocycles. The van der Waals surface area contributed by atoms with E-state index in [0.29, 0.717) is 12.6 Å². The van der Waals surface area contributed by atoms with E-state index in [4.69, 9.17) is 5.73 Å². The van der Waals surface area contributed by atoms with Crippen LogP contribution in [0.2, 0.25) is 0 Å². The normalized spacial score (nSPS) is 24.4. The Balaban J connectivity index is 2.71. The molecule has 2 N–H and O–H groups in total. The highest BCUT2D eigenvalue weighted by Crippen LogP contribution is 2.26. The van der Waals surface area contributed by atoms with Crippen LogP contribution in [0.4, 0.5) is 0 Å². The third-order valence-corrected chi connectivity index (χ3v) is 2.64. The van der Waals surface area contributed by atoms with Crippen LogP contribution in [-0.2, 0) is 9.53 Å². The number of methoxy groups -OCH3 is 1. The van der Waals surface area contributed by atoms with Crippen molar-refractivity contribution >= 4 is 5.97 Å². The zero-order valence-corrected chi connectivity index (χ0v) is 8.82. The van der Waals surface area contributed by atoms with Gasteiger partial charge in [0.05, 0.1) is 7.11 Å². The molecule has 0 radical (unpaired) electrons. The van der Waals surface area contributed by atoms with Gasteiger partial charge in [-0.05, 0) is 19.8 Å².